The lowest BCUT2D eigenvalue weighted by molar-refractivity contribution is -0.138. The first-order valence-electron chi connectivity index (χ1n) is 8.01. The maximum atomic E-state index is 12.4. The average molecular weight is 370 g/mol. The van der Waals surface area contributed by atoms with Crippen molar-refractivity contribution >= 4 is 35.1 Å². The Morgan fingerprint density at radius 3 is 2.22 bits per heavy atom. The summed E-state index contributed by atoms with van der Waals surface area (Å²) in [5.74, 6) is -2.48. The number of rotatable bonds is 7. The third-order valence-corrected chi connectivity index (χ3v) is 3.58. The number of anilines is 2. The van der Waals surface area contributed by atoms with Gasteiger partial charge in [-0.05, 0) is 36.4 Å². The quantitative estimate of drug-likeness (QED) is 0.644. The zero-order valence-electron chi connectivity index (χ0n) is 14.5. The zero-order valence-corrected chi connectivity index (χ0v) is 14.5. The highest BCUT2D eigenvalue weighted by Gasteiger charge is 2.14. The van der Waals surface area contributed by atoms with E-state index < -0.39 is 23.8 Å². The lowest BCUT2D eigenvalue weighted by atomic mass is 10.1. The van der Waals surface area contributed by atoms with Crippen molar-refractivity contribution in [1.29, 1.82) is 0 Å². The first-order valence-corrected chi connectivity index (χ1v) is 8.01. The molecule has 0 aromatic heterocycles. The minimum absolute atomic E-state index is 0.137. The molecule has 8 nitrogen and oxygen atoms in total. The summed E-state index contributed by atoms with van der Waals surface area (Å²) >= 11 is 0. The van der Waals surface area contributed by atoms with Gasteiger partial charge in [-0.2, -0.15) is 0 Å². The Bertz CT molecular complexity index is 861. The van der Waals surface area contributed by atoms with Crippen molar-refractivity contribution < 1.29 is 29.0 Å². The molecule has 0 spiro atoms. The van der Waals surface area contributed by atoms with Crippen molar-refractivity contribution in [1.82, 2.24) is 0 Å². The summed E-state index contributed by atoms with van der Waals surface area (Å²) in [4.78, 5) is 46.2. The van der Waals surface area contributed by atoms with E-state index in [0.29, 0.717) is 16.9 Å². The standard InChI is InChI=1S/C19H18N2O6/c1-27-19(26)14-4-2-3-5-15(14)21-18(25)12-6-8-13(9-7-12)20-16(22)10-11-17(23)24/h2-9H,10-11H2,1H3,(H,20,22)(H,21,25)(H,23,24). The van der Waals surface area contributed by atoms with Crippen LogP contribution in [0.25, 0.3) is 0 Å². The van der Waals surface area contributed by atoms with Gasteiger partial charge in [0.15, 0.2) is 0 Å². The van der Waals surface area contributed by atoms with Gasteiger partial charge in [0, 0.05) is 17.7 Å². The monoisotopic (exact) mass is 370 g/mol. The van der Waals surface area contributed by atoms with E-state index in [-0.39, 0.29) is 18.4 Å². The molecule has 8 heteroatoms. The molecule has 0 unspecified atom stereocenters. The van der Waals surface area contributed by atoms with Gasteiger partial charge in [-0.25, -0.2) is 4.79 Å². The van der Waals surface area contributed by atoms with E-state index in [2.05, 4.69) is 15.4 Å². The van der Waals surface area contributed by atoms with Crippen molar-refractivity contribution in [2.45, 2.75) is 12.8 Å². The second-order valence-electron chi connectivity index (χ2n) is 5.51. The van der Waals surface area contributed by atoms with Crippen molar-refractivity contribution in [3.63, 3.8) is 0 Å². The van der Waals surface area contributed by atoms with Gasteiger partial charge in [0.2, 0.25) is 5.91 Å². The fraction of sp³-hybridized carbons (Fsp3) is 0.158. The summed E-state index contributed by atoms with van der Waals surface area (Å²) in [6.07, 6.45) is -0.395. The van der Waals surface area contributed by atoms with Crippen LogP contribution in [-0.2, 0) is 14.3 Å². The van der Waals surface area contributed by atoms with Gasteiger partial charge in [0.25, 0.3) is 5.91 Å². The summed E-state index contributed by atoms with van der Waals surface area (Å²) in [5.41, 5.74) is 1.31. The van der Waals surface area contributed by atoms with Crippen LogP contribution in [0.5, 0.6) is 0 Å². The van der Waals surface area contributed by atoms with Crippen LogP contribution < -0.4 is 10.6 Å². The molecule has 0 aliphatic rings. The molecule has 0 heterocycles. The minimum atomic E-state index is -1.05. The molecule has 0 aliphatic heterocycles. The normalized spacial score (nSPS) is 9.96. The van der Waals surface area contributed by atoms with Gasteiger partial charge in [-0.15, -0.1) is 0 Å². The zero-order chi connectivity index (χ0) is 19.8. The highest BCUT2D eigenvalue weighted by molar-refractivity contribution is 6.08. The molecule has 0 atom stereocenters. The molecule has 0 radical (unpaired) electrons. The number of esters is 1. The van der Waals surface area contributed by atoms with Crippen molar-refractivity contribution in [2.75, 3.05) is 17.7 Å². The molecule has 27 heavy (non-hydrogen) atoms. The van der Waals surface area contributed by atoms with Gasteiger partial charge in [0.05, 0.1) is 24.8 Å². The van der Waals surface area contributed by atoms with Crippen LogP contribution in [0, 0.1) is 0 Å². The van der Waals surface area contributed by atoms with Crippen molar-refractivity contribution in [2.24, 2.45) is 0 Å². The fourth-order valence-corrected chi connectivity index (χ4v) is 2.22. The maximum Gasteiger partial charge on any atom is 0.339 e. The van der Waals surface area contributed by atoms with Crippen LogP contribution in [-0.4, -0.2) is 36.0 Å². The van der Waals surface area contributed by atoms with Gasteiger partial charge in [0.1, 0.15) is 0 Å². The predicted octanol–water partition coefficient (Wildman–Crippen LogP) is 2.53. The first-order chi connectivity index (χ1) is 12.9. The summed E-state index contributed by atoms with van der Waals surface area (Å²) in [6.45, 7) is 0. The Balaban J connectivity index is 2.03. The molecule has 0 fully saturated rings. The molecular weight excluding hydrogens is 352 g/mol. The summed E-state index contributed by atoms with van der Waals surface area (Å²) in [6, 6.07) is 12.5. The molecule has 2 aromatic rings. The number of nitrogens with one attached hydrogen (secondary N) is 2. The van der Waals surface area contributed by atoms with Crippen LogP contribution >= 0.6 is 0 Å². The van der Waals surface area contributed by atoms with E-state index in [1.165, 1.54) is 37.4 Å². The van der Waals surface area contributed by atoms with E-state index in [9.17, 15) is 19.2 Å². The number of carbonyl (C=O) groups excluding carboxylic acids is 3. The van der Waals surface area contributed by atoms with Gasteiger partial charge < -0.3 is 20.5 Å². The predicted molar refractivity (Wildman–Crippen MR) is 97.7 cm³/mol. The topological polar surface area (TPSA) is 122 Å². The first kappa shape index (κ1) is 19.6. The molecule has 3 N–H and O–H groups in total. The van der Waals surface area contributed by atoms with E-state index in [4.69, 9.17) is 5.11 Å². The van der Waals surface area contributed by atoms with Crippen LogP contribution in [0.3, 0.4) is 0 Å². The Morgan fingerprint density at radius 2 is 1.59 bits per heavy atom. The Labute approximate surface area is 155 Å². The highest BCUT2D eigenvalue weighted by Crippen LogP contribution is 2.18. The SMILES string of the molecule is COC(=O)c1ccccc1NC(=O)c1ccc(NC(=O)CCC(=O)O)cc1. The van der Waals surface area contributed by atoms with E-state index in [1.807, 2.05) is 0 Å². The van der Waals surface area contributed by atoms with Crippen molar-refractivity contribution in [3.05, 3.63) is 59.7 Å². The summed E-state index contributed by atoms with van der Waals surface area (Å²) < 4.78 is 4.68. The third-order valence-electron chi connectivity index (χ3n) is 3.58. The second kappa shape index (κ2) is 9.14. The number of ether oxygens (including phenoxy) is 1. The molecule has 0 saturated carbocycles. The average Bonchev–Trinajstić information content (AvgIpc) is 2.66. The number of para-hydroxylation sites is 1. The fourth-order valence-electron chi connectivity index (χ4n) is 2.22. The molecule has 2 aromatic carbocycles. The number of hydrogen-bond acceptors (Lipinski definition) is 5. The van der Waals surface area contributed by atoms with Gasteiger partial charge in [-0.1, -0.05) is 12.1 Å². The number of carboxylic acid groups (broad SMARTS) is 1. The molecule has 0 bridgehead atoms. The molecule has 0 saturated heterocycles. The van der Waals surface area contributed by atoms with Gasteiger partial charge in [-0.3, -0.25) is 14.4 Å². The van der Waals surface area contributed by atoms with E-state index in [1.54, 1.807) is 18.2 Å². The lowest BCUT2D eigenvalue weighted by Crippen LogP contribution is -2.16. The number of methoxy groups -OCH3 is 1. The summed E-state index contributed by atoms with van der Waals surface area (Å²) in [5, 5.41) is 13.8. The molecule has 2 amide bonds. The molecule has 2 rings (SSSR count). The largest absolute Gasteiger partial charge is 0.481 e. The molecule has 140 valence electrons. The Kier molecular flexibility index (Phi) is 6.65. The smallest absolute Gasteiger partial charge is 0.339 e. The number of aliphatic carboxylic acids is 1. The van der Waals surface area contributed by atoms with Crippen LogP contribution in [0.2, 0.25) is 0 Å². The minimum Gasteiger partial charge on any atom is -0.481 e. The number of benzene rings is 2. The highest BCUT2D eigenvalue weighted by atomic mass is 16.5. The lowest BCUT2D eigenvalue weighted by Gasteiger charge is -2.10. The van der Waals surface area contributed by atoms with Crippen molar-refractivity contribution in [3.8, 4) is 0 Å². The number of hydrogen-bond donors (Lipinski definition) is 3. The number of carboxylic acids is 1. The van der Waals surface area contributed by atoms with Crippen LogP contribution in [0.1, 0.15) is 33.6 Å². The van der Waals surface area contributed by atoms with Gasteiger partial charge >= 0.3 is 11.9 Å². The Morgan fingerprint density at radius 1 is 0.926 bits per heavy atom. The maximum absolute atomic E-state index is 12.4. The molecule has 0 aliphatic carbocycles. The number of amides is 2. The molecular formula is C19H18N2O6. The number of carbonyl (C=O) groups is 4. The second-order valence-corrected chi connectivity index (χ2v) is 5.51. The Hall–Kier alpha value is -3.68. The van der Waals surface area contributed by atoms with E-state index in [0.717, 1.165) is 0 Å². The third kappa shape index (κ3) is 5.67. The van der Waals surface area contributed by atoms with Crippen LogP contribution in [0.4, 0.5) is 11.4 Å². The van der Waals surface area contributed by atoms with E-state index >= 15 is 0 Å². The summed E-state index contributed by atoms with van der Waals surface area (Å²) in [7, 11) is 1.25. The van der Waals surface area contributed by atoms with Crippen LogP contribution in [0.15, 0.2) is 48.5 Å².